The summed E-state index contributed by atoms with van der Waals surface area (Å²) >= 11 is 1.91. The Bertz CT molecular complexity index is 1420. The van der Waals surface area contributed by atoms with Crippen LogP contribution in [0.5, 0.6) is 5.75 Å². The monoisotopic (exact) mass is 729 g/mol. The molecule has 15 heteroatoms. The summed E-state index contributed by atoms with van der Waals surface area (Å²) in [5.74, 6) is 1.26. The van der Waals surface area contributed by atoms with Crippen molar-refractivity contribution in [1.29, 1.82) is 0 Å². The molecule has 4 rings (SSSR count). The van der Waals surface area contributed by atoms with E-state index < -0.39 is 5.60 Å². The van der Waals surface area contributed by atoms with Crippen molar-refractivity contribution in [2.75, 3.05) is 46.1 Å². The van der Waals surface area contributed by atoms with Crippen LogP contribution in [0.1, 0.15) is 71.1 Å². The van der Waals surface area contributed by atoms with Crippen LogP contribution in [-0.2, 0) is 28.9 Å². The lowest BCUT2D eigenvalue weighted by molar-refractivity contribution is -0.121. The summed E-state index contributed by atoms with van der Waals surface area (Å²) in [7, 11) is 3.97. The molecule has 0 radical (unpaired) electrons. The second kappa shape index (κ2) is 18.8. The van der Waals surface area contributed by atoms with Crippen molar-refractivity contribution >= 4 is 29.7 Å². The van der Waals surface area contributed by atoms with Crippen molar-refractivity contribution in [1.82, 2.24) is 46.5 Å². The number of aromatic hydroxyl groups is 1. The van der Waals surface area contributed by atoms with E-state index in [9.17, 15) is 19.5 Å². The molecule has 2 aliphatic heterocycles. The Labute approximate surface area is 307 Å². The summed E-state index contributed by atoms with van der Waals surface area (Å²) in [5.41, 5.74) is 1.28. The molecule has 284 valence electrons. The lowest BCUT2D eigenvalue weighted by Gasteiger charge is -2.32. The number of aromatic nitrogens is 3. The second-order valence-corrected chi connectivity index (χ2v) is 16.7. The number of phenolic OH excluding ortho intramolecular Hbond substituents is 1. The summed E-state index contributed by atoms with van der Waals surface area (Å²) in [6.07, 6.45) is 7.25. The number of hydrogen-bond donors (Lipinski definition) is 6. The topological polar surface area (TPSA) is 175 Å². The van der Waals surface area contributed by atoms with E-state index in [1.807, 2.05) is 62.7 Å². The summed E-state index contributed by atoms with van der Waals surface area (Å²) < 4.78 is 8.14. The molecule has 2 saturated heterocycles. The number of thioether (sulfide) groups is 1. The average Bonchev–Trinajstić information content (AvgIpc) is 3.77. The summed E-state index contributed by atoms with van der Waals surface area (Å²) in [6, 6.07) is 7.40. The second-order valence-electron chi connectivity index (χ2n) is 15.5. The number of phenols is 1. The quantitative estimate of drug-likeness (QED) is 0.0834. The fourth-order valence-corrected chi connectivity index (χ4v) is 7.81. The van der Waals surface area contributed by atoms with Gasteiger partial charge in [0.2, 0.25) is 5.91 Å². The van der Waals surface area contributed by atoms with Crippen molar-refractivity contribution in [3.05, 3.63) is 41.7 Å². The van der Waals surface area contributed by atoms with Gasteiger partial charge < -0.3 is 41.3 Å². The summed E-state index contributed by atoms with van der Waals surface area (Å²) in [5, 5.41) is 33.5. The van der Waals surface area contributed by atoms with Gasteiger partial charge in [-0.1, -0.05) is 37.6 Å². The molecule has 4 atom stereocenters. The SMILES string of the molecule is CN(C)[C@H](CNC(=O)NCCc1cn(CC(C)(C)COC(C)(C)CCNC(=O)CCCC[C@H]2SC[C@@H]3NC(=O)N[C@@H]32)nn1)Cc1ccc(O)cc1. The molecular weight excluding hydrogens is 671 g/mol. The predicted octanol–water partition coefficient (Wildman–Crippen LogP) is 3.05. The van der Waals surface area contributed by atoms with Gasteiger partial charge in [0.1, 0.15) is 5.75 Å². The first-order chi connectivity index (χ1) is 24.2. The first kappa shape index (κ1) is 40.2. The van der Waals surface area contributed by atoms with E-state index in [4.69, 9.17) is 4.74 Å². The van der Waals surface area contributed by atoms with Crippen LogP contribution < -0.4 is 26.6 Å². The first-order valence-electron chi connectivity index (χ1n) is 18.1. The minimum absolute atomic E-state index is 0.0616. The number of rotatable bonds is 21. The Kier molecular flexibility index (Phi) is 14.8. The van der Waals surface area contributed by atoms with Gasteiger partial charge in [0, 0.05) is 67.7 Å². The number of carbonyl (C=O) groups excluding carboxylic acids is 3. The number of benzene rings is 1. The van der Waals surface area contributed by atoms with Gasteiger partial charge in [0.15, 0.2) is 0 Å². The van der Waals surface area contributed by atoms with Gasteiger partial charge in [0.05, 0.1) is 30.0 Å². The van der Waals surface area contributed by atoms with Gasteiger partial charge in [-0.25, -0.2) is 9.59 Å². The number of amides is 5. The van der Waals surface area contributed by atoms with Gasteiger partial charge in [-0.2, -0.15) is 11.8 Å². The van der Waals surface area contributed by atoms with Crippen LogP contribution in [0.4, 0.5) is 9.59 Å². The third-order valence-corrected chi connectivity index (χ3v) is 11.0. The van der Waals surface area contributed by atoms with Crippen LogP contribution in [0.2, 0.25) is 0 Å². The molecule has 6 N–H and O–H groups in total. The highest BCUT2D eigenvalue weighted by Gasteiger charge is 2.42. The molecule has 0 unspecified atom stereocenters. The van der Waals surface area contributed by atoms with Crippen molar-refractivity contribution < 1.29 is 24.2 Å². The Morgan fingerprint density at radius 1 is 1.10 bits per heavy atom. The van der Waals surface area contributed by atoms with Crippen molar-refractivity contribution in [3.8, 4) is 5.75 Å². The standard InChI is InChI=1S/C36H59N9O5S/c1-35(2,24-50-36(3,4)16-18-37-31(47)10-8-7-9-30-32-29(22-51-30)40-34(49)41-32)23-45-21-26(42-43-45)15-17-38-33(48)39-20-27(44(5)6)19-25-11-13-28(46)14-12-25/h11-14,21,27,29-30,32,46H,7-10,15-20,22-24H2,1-6H3,(H,37,47)(H2,38,39,48)(H2,40,41,49)/t27-,29-,30+,32-/m0/s1. The summed E-state index contributed by atoms with van der Waals surface area (Å²) in [4.78, 5) is 38.6. The van der Waals surface area contributed by atoms with E-state index in [1.165, 1.54) is 0 Å². The van der Waals surface area contributed by atoms with Crippen molar-refractivity contribution in [3.63, 3.8) is 0 Å². The number of unbranched alkanes of at least 4 members (excludes halogenated alkanes) is 1. The predicted molar refractivity (Wildman–Crippen MR) is 200 cm³/mol. The van der Waals surface area contributed by atoms with Crippen LogP contribution in [0.25, 0.3) is 0 Å². The number of nitrogens with zero attached hydrogens (tertiary/aromatic N) is 4. The fourth-order valence-electron chi connectivity index (χ4n) is 6.26. The van der Waals surface area contributed by atoms with Crippen LogP contribution in [0.3, 0.4) is 0 Å². The zero-order chi connectivity index (χ0) is 37.0. The minimum Gasteiger partial charge on any atom is -0.508 e. The van der Waals surface area contributed by atoms with Crippen molar-refractivity contribution in [2.24, 2.45) is 5.41 Å². The lowest BCUT2D eigenvalue weighted by Crippen LogP contribution is -2.45. The summed E-state index contributed by atoms with van der Waals surface area (Å²) in [6.45, 7) is 11.0. The van der Waals surface area contributed by atoms with Crippen LogP contribution in [-0.4, -0.2) is 118 Å². The van der Waals surface area contributed by atoms with Crippen LogP contribution in [0.15, 0.2) is 30.5 Å². The van der Waals surface area contributed by atoms with Gasteiger partial charge in [-0.05, 0) is 71.3 Å². The molecule has 0 spiro atoms. The van der Waals surface area contributed by atoms with Crippen molar-refractivity contribution in [2.45, 2.75) is 108 Å². The maximum absolute atomic E-state index is 12.5. The van der Waals surface area contributed by atoms with E-state index in [-0.39, 0.29) is 47.3 Å². The molecule has 5 amide bonds. The number of likely N-dealkylation sites (N-methyl/N-ethyl adjacent to an activating group) is 1. The first-order valence-corrected chi connectivity index (χ1v) is 19.2. The highest BCUT2D eigenvalue weighted by Crippen LogP contribution is 2.33. The van der Waals surface area contributed by atoms with E-state index in [2.05, 4.69) is 55.6 Å². The molecule has 14 nitrogen and oxygen atoms in total. The van der Waals surface area contributed by atoms with Crippen LogP contribution in [0, 0.1) is 5.41 Å². The van der Waals surface area contributed by atoms with Gasteiger partial charge >= 0.3 is 12.1 Å². The maximum Gasteiger partial charge on any atom is 0.315 e. The highest BCUT2D eigenvalue weighted by atomic mass is 32.2. The Balaban J connectivity index is 1.06. The number of ether oxygens (including phenoxy) is 1. The molecular formula is C36H59N9O5S. The normalized spacial score (nSPS) is 19.4. The molecule has 51 heavy (non-hydrogen) atoms. The van der Waals surface area contributed by atoms with E-state index in [0.717, 1.165) is 42.7 Å². The largest absolute Gasteiger partial charge is 0.508 e. The Morgan fingerprint density at radius 3 is 2.61 bits per heavy atom. The van der Waals surface area contributed by atoms with Gasteiger partial charge in [-0.15, -0.1) is 5.10 Å². The highest BCUT2D eigenvalue weighted by molar-refractivity contribution is 8.00. The number of carbonyl (C=O) groups is 3. The van der Waals surface area contributed by atoms with Gasteiger partial charge in [-0.3, -0.25) is 9.48 Å². The van der Waals surface area contributed by atoms with E-state index in [1.54, 1.807) is 12.1 Å². The molecule has 1 aromatic carbocycles. The third kappa shape index (κ3) is 13.8. The molecule has 0 saturated carbocycles. The number of nitrogens with one attached hydrogen (secondary N) is 5. The molecule has 3 heterocycles. The Morgan fingerprint density at radius 2 is 1.86 bits per heavy atom. The lowest BCUT2D eigenvalue weighted by atomic mass is 9.94. The van der Waals surface area contributed by atoms with Crippen LogP contribution >= 0.6 is 11.8 Å². The third-order valence-electron chi connectivity index (χ3n) is 9.46. The molecule has 2 aromatic rings. The van der Waals surface area contributed by atoms with E-state index >= 15 is 0 Å². The maximum atomic E-state index is 12.5. The molecule has 1 aromatic heterocycles. The molecule has 0 bridgehead atoms. The van der Waals surface area contributed by atoms with E-state index in [0.29, 0.717) is 57.3 Å². The number of fused-ring (bicyclic) bond motifs is 1. The average molecular weight is 730 g/mol. The molecule has 2 aliphatic rings. The zero-order valence-electron chi connectivity index (χ0n) is 31.2. The molecule has 0 aliphatic carbocycles. The fraction of sp³-hybridized carbons (Fsp3) is 0.694. The smallest absolute Gasteiger partial charge is 0.315 e. The zero-order valence-corrected chi connectivity index (χ0v) is 32.0. The number of hydrogen-bond acceptors (Lipinski definition) is 9. The number of urea groups is 2. The molecule has 2 fully saturated rings. The minimum atomic E-state index is -0.404. The van der Waals surface area contributed by atoms with Gasteiger partial charge in [0.25, 0.3) is 0 Å². The Hall–Kier alpha value is -3.56.